The standard InChI is InChI=1S/C15H15ClN4/c1-10-6-7-11(8-18-10)14-9-19-15(17)20(14)13-5-3-2-4-12(13)16/h2-8,14H,9H2,1H3,(H2,17,19). The van der Waals surface area contributed by atoms with Crippen LogP contribution in [0.25, 0.3) is 0 Å². The van der Waals surface area contributed by atoms with E-state index in [1.54, 1.807) is 0 Å². The van der Waals surface area contributed by atoms with E-state index in [4.69, 9.17) is 17.3 Å². The minimum Gasteiger partial charge on any atom is -0.369 e. The summed E-state index contributed by atoms with van der Waals surface area (Å²) in [6.45, 7) is 2.58. The van der Waals surface area contributed by atoms with Crippen molar-refractivity contribution in [2.45, 2.75) is 13.0 Å². The van der Waals surface area contributed by atoms with Crippen molar-refractivity contribution in [2.24, 2.45) is 10.7 Å². The molecule has 1 aromatic carbocycles. The summed E-state index contributed by atoms with van der Waals surface area (Å²) in [5, 5.41) is 0.664. The Morgan fingerprint density at radius 2 is 2.05 bits per heavy atom. The summed E-state index contributed by atoms with van der Waals surface area (Å²) in [5.41, 5.74) is 8.98. The van der Waals surface area contributed by atoms with Crippen LogP contribution in [-0.4, -0.2) is 17.5 Å². The smallest absolute Gasteiger partial charge is 0.196 e. The minimum absolute atomic E-state index is 0.0444. The predicted molar refractivity (Wildman–Crippen MR) is 82.1 cm³/mol. The number of guanidine groups is 1. The molecule has 0 saturated heterocycles. The van der Waals surface area contributed by atoms with Crippen LogP contribution in [0.4, 0.5) is 5.69 Å². The van der Waals surface area contributed by atoms with Crippen molar-refractivity contribution in [3.63, 3.8) is 0 Å². The molecule has 0 bridgehead atoms. The maximum atomic E-state index is 6.28. The van der Waals surface area contributed by atoms with Crippen LogP contribution in [0.1, 0.15) is 17.3 Å². The third-order valence-corrected chi connectivity index (χ3v) is 3.74. The molecular formula is C15H15ClN4. The fourth-order valence-electron chi connectivity index (χ4n) is 2.37. The molecule has 3 rings (SSSR count). The van der Waals surface area contributed by atoms with Gasteiger partial charge >= 0.3 is 0 Å². The second-order valence-corrected chi connectivity index (χ2v) is 5.18. The van der Waals surface area contributed by atoms with Gasteiger partial charge in [-0.2, -0.15) is 0 Å². The number of hydrogen-bond donors (Lipinski definition) is 1. The van der Waals surface area contributed by atoms with E-state index in [0.29, 0.717) is 17.5 Å². The first-order valence-corrected chi connectivity index (χ1v) is 6.81. The first-order chi connectivity index (χ1) is 9.66. The molecule has 2 aromatic rings. The number of halogens is 1. The Hall–Kier alpha value is -2.07. The highest BCUT2D eigenvalue weighted by atomic mass is 35.5. The zero-order valence-electron chi connectivity index (χ0n) is 11.1. The molecule has 0 amide bonds. The van der Waals surface area contributed by atoms with E-state index in [2.05, 4.69) is 16.0 Å². The summed E-state index contributed by atoms with van der Waals surface area (Å²) < 4.78 is 0. The SMILES string of the molecule is Cc1ccc(C2CN=C(N)N2c2ccccc2Cl)cn1. The highest BCUT2D eigenvalue weighted by Crippen LogP contribution is 2.35. The number of aromatic nitrogens is 1. The monoisotopic (exact) mass is 286 g/mol. The van der Waals surface area contributed by atoms with Crippen molar-refractivity contribution >= 4 is 23.2 Å². The molecule has 4 nitrogen and oxygen atoms in total. The summed E-state index contributed by atoms with van der Waals surface area (Å²) in [6.07, 6.45) is 1.87. The maximum absolute atomic E-state index is 6.28. The van der Waals surface area contributed by atoms with Gasteiger partial charge in [-0.1, -0.05) is 29.8 Å². The van der Waals surface area contributed by atoms with Gasteiger partial charge in [-0.15, -0.1) is 0 Å². The topological polar surface area (TPSA) is 54.5 Å². The highest BCUT2D eigenvalue weighted by Gasteiger charge is 2.30. The molecule has 0 radical (unpaired) electrons. The van der Waals surface area contributed by atoms with Gasteiger partial charge in [0, 0.05) is 11.9 Å². The van der Waals surface area contributed by atoms with E-state index < -0.39 is 0 Å². The number of anilines is 1. The van der Waals surface area contributed by atoms with Crippen LogP contribution in [0.5, 0.6) is 0 Å². The van der Waals surface area contributed by atoms with Crippen molar-refractivity contribution in [1.82, 2.24) is 4.98 Å². The number of aryl methyl sites for hydroxylation is 1. The van der Waals surface area contributed by atoms with E-state index in [9.17, 15) is 0 Å². The van der Waals surface area contributed by atoms with E-state index in [1.165, 1.54) is 0 Å². The molecule has 1 aromatic heterocycles. The molecule has 1 atom stereocenters. The van der Waals surface area contributed by atoms with Gasteiger partial charge in [0.2, 0.25) is 0 Å². The molecule has 0 saturated carbocycles. The lowest BCUT2D eigenvalue weighted by atomic mass is 10.1. The zero-order chi connectivity index (χ0) is 14.1. The van der Waals surface area contributed by atoms with Crippen LogP contribution in [0.3, 0.4) is 0 Å². The van der Waals surface area contributed by atoms with Gasteiger partial charge in [-0.25, -0.2) is 0 Å². The summed E-state index contributed by atoms with van der Waals surface area (Å²) in [6, 6.07) is 11.7. The first-order valence-electron chi connectivity index (χ1n) is 6.43. The van der Waals surface area contributed by atoms with Crippen LogP contribution >= 0.6 is 11.6 Å². The second kappa shape index (κ2) is 5.13. The molecule has 1 aliphatic heterocycles. The summed E-state index contributed by atoms with van der Waals surface area (Å²) in [7, 11) is 0. The van der Waals surface area contributed by atoms with E-state index in [0.717, 1.165) is 16.9 Å². The molecular weight excluding hydrogens is 272 g/mol. The van der Waals surface area contributed by atoms with Crippen LogP contribution in [0, 0.1) is 6.92 Å². The maximum Gasteiger partial charge on any atom is 0.196 e. The fraction of sp³-hybridized carbons (Fsp3) is 0.200. The van der Waals surface area contributed by atoms with Crippen molar-refractivity contribution in [1.29, 1.82) is 0 Å². The van der Waals surface area contributed by atoms with E-state index >= 15 is 0 Å². The lowest BCUT2D eigenvalue weighted by molar-refractivity contribution is 0.763. The Morgan fingerprint density at radius 3 is 2.75 bits per heavy atom. The average molecular weight is 287 g/mol. The number of nitrogens with two attached hydrogens (primary N) is 1. The van der Waals surface area contributed by atoms with Crippen LogP contribution in [0.2, 0.25) is 5.02 Å². The minimum atomic E-state index is 0.0444. The average Bonchev–Trinajstić information content (AvgIpc) is 2.82. The second-order valence-electron chi connectivity index (χ2n) is 4.77. The van der Waals surface area contributed by atoms with Crippen LogP contribution < -0.4 is 10.6 Å². The lowest BCUT2D eigenvalue weighted by Gasteiger charge is -2.27. The number of benzene rings is 1. The first kappa shape index (κ1) is 12.9. The molecule has 1 unspecified atom stereocenters. The number of nitrogens with zero attached hydrogens (tertiary/aromatic N) is 3. The van der Waals surface area contributed by atoms with Gasteiger partial charge in [0.05, 0.1) is 23.3 Å². The molecule has 20 heavy (non-hydrogen) atoms. The third-order valence-electron chi connectivity index (χ3n) is 3.42. The van der Waals surface area contributed by atoms with Gasteiger partial charge in [0.25, 0.3) is 0 Å². The summed E-state index contributed by atoms with van der Waals surface area (Å²) in [4.78, 5) is 10.7. The van der Waals surface area contributed by atoms with Crippen molar-refractivity contribution in [2.75, 3.05) is 11.4 Å². The van der Waals surface area contributed by atoms with Crippen LogP contribution in [0.15, 0.2) is 47.6 Å². The van der Waals surface area contributed by atoms with E-state index in [1.807, 2.05) is 48.4 Å². The molecule has 2 heterocycles. The van der Waals surface area contributed by atoms with Gasteiger partial charge in [0.15, 0.2) is 5.96 Å². The highest BCUT2D eigenvalue weighted by molar-refractivity contribution is 6.33. The number of pyridine rings is 1. The van der Waals surface area contributed by atoms with E-state index in [-0.39, 0.29) is 6.04 Å². The van der Waals surface area contributed by atoms with Crippen molar-refractivity contribution < 1.29 is 0 Å². The molecule has 2 N–H and O–H groups in total. The normalized spacial score (nSPS) is 18.2. The van der Waals surface area contributed by atoms with Gasteiger partial charge in [0.1, 0.15) is 0 Å². The zero-order valence-corrected chi connectivity index (χ0v) is 11.9. The summed E-state index contributed by atoms with van der Waals surface area (Å²) in [5.74, 6) is 0.490. The Bertz CT molecular complexity index is 651. The molecule has 0 spiro atoms. The Kier molecular flexibility index (Phi) is 3.32. The Balaban J connectivity index is 2.01. The number of hydrogen-bond acceptors (Lipinski definition) is 4. The lowest BCUT2D eigenvalue weighted by Crippen LogP contribution is -2.36. The molecule has 102 valence electrons. The quantitative estimate of drug-likeness (QED) is 0.923. The predicted octanol–water partition coefficient (Wildman–Crippen LogP) is 2.92. The Morgan fingerprint density at radius 1 is 1.25 bits per heavy atom. The molecule has 1 aliphatic rings. The third kappa shape index (κ3) is 2.23. The molecule has 0 fully saturated rings. The number of aliphatic imine (C=N–C) groups is 1. The largest absolute Gasteiger partial charge is 0.369 e. The molecule has 5 heteroatoms. The Labute approximate surface area is 122 Å². The fourth-order valence-corrected chi connectivity index (χ4v) is 2.59. The van der Waals surface area contributed by atoms with Crippen LogP contribution in [-0.2, 0) is 0 Å². The van der Waals surface area contributed by atoms with Gasteiger partial charge in [-0.05, 0) is 30.7 Å². The summed E-state index contributed by atoms with van der Waals surface area (Å²) >= 11 is 6.28. The molecule has 0 aliphatic carbocycles. The number of rotatable bonds is 2. The van der Waals surface area contributed by atoms with Gasteiger partial charge < -0.3 is 10.6 Å². The van der Waals surface area contributed by atoms with Crippen molar-refractivity contribution in [3.8, 4) is 0 Å². The number of para-hydroxylation sites is 1. The van der Waals surface area contributed by atoms with Gasteiger partial charge in [-0.3, -0.25) is 9.98 Å². The van der Waals surface area contributed by atoms with Crippen molar-refractivity contribution in [3.05, 3.63) is 58.9 Å².